The van der Waals surface area contributed by atoms with Gasteiger partial charge in [-0.25, -0.2) is 4.98 Å². The van der Waals surface area contributed by atoms with E-state index in [-0.39, 0.29) is 5.91 Å². The van der Waals surface area contributed by atoms with E-state index in [1.807, 2.05) is 28.8 Å². The standard InChI is InChI=1S/C17H19N5O2/c23-17(18-8-12-5-6-24-10-12)15-7-13(20-21-15)9-22-11-19-14-3-1-2-4-16(14)22/h1-4,7,11-12H,5-6,8-10H2,(H,18,23)(H,20,21). The number of aromatic amines is 1. The number of aromatic nitrogens is 4. The highest BCUT2D eigenvalue weighted by Gasteiger charge is 2.18. The largest absolute Gasteiger partial charge is 0.381 e. The molecule has 4 rings (SSSR count). The van der Waals surface area contributed by atoms with Crippen LogP contribution in [0, 0.1) is 5.92 Å². The molecule has 0 spiro atoms. The molecule has 1 unspecified atom stereocenters. The second-order valence-corrected chi connectivity index (χ2v) is 6.08. The molecule has 1 fully saturated rings. The maximum absolute atomic E-state index is 12.2. The number of ether oxygens (including phenoxy) is 1. The number of nitrogens with one attached hydrogen (secondary N) is 2. The highest BCUT2D eigenvalue weighted by molar-refractivity contribution is 5.92. The van der Waals surface area contributed by atoms with Crippen LogP contribution in [-0.4, -0.2) is 45.4 Å². The van der Waals surface area contributed by atoms with Gasteiger partial charge in [0.05, 0.1) is 36.2 Å². The third-order valence-corrected chi connectivity index (χ3v) is 4.31. The summed E-state index contributed by atoms with van der Waals surface area (Å²) < 4.78 is 7.34. The minimum atomic E-state index is -0.153. The maximum atomic E-state index is 12.2. The summed E-state index contributed by atoms with van der Waals surface area (Å²) in [6.45, 7) is 2.73. The third kappa shape index (κ3) is 3.03. The highest BCUT2D eigenvalue weighted by Crippen LogP contribution is 2.14. The van der Waals surface area contributed by atoms with Gasteiger partial charge in [-0.05, 0) is 24.6 Å². The van der Waals surface area contributed by atoms with Gasteiger partial charge in [0, 0.05) is 19.1 Å². The fourth-order valence-corrected chi connectivity index (χ4v) is 2.95. The molecule has 7 heteroatoms. The number of amides is 1. The Kier molecular flexibility index (Phi) is 4.00. The Bertz CT molecular complexity index is 847. The van der Waals surface area contributed by atoms with E-state index in [0.717, 1.165) is 36.4 Å². The Balaban J connectivity index is 1.41. The van der Waals surface area contributed by atoms with Gasteiger partial charge in [-0.2, -0.15) is 5.10 Å². The molecule has 2 aromatic heterocycles. The van der Waals surface area contributed by atoms with Gasteiger partial charge in [-0.15, -0.1) is 0 Å². The van der Waals surface area contributed by atoms with Crippen molar-refractivity contribution in [3.05, 3.63) is 48.0 Å². The highest BCUT2D eigenvalue weighted by atomic mass is 16.5. The van der Waals surface area contributed by atoms with Crippen molar-refractivity contribution in [2.24, 2.45) is 5.92 Å². The first kappa shape index (κ1) is 14.9. The van der Waals surface area contributed by atoms with Crippen molar-refractivity contribution in [1.29, 1.82) is 0 Å². The van der Waals surface area contributed by atoms with Gasteiger partial charge in [0.1, 0.15) is 5.69 Å². The van der Waals surface area contributed by atoms with E-state index >= 15 is 0 Å². The lowest BCUT2D eigenvalue weighted by molar-refractivity contribution is 0.0940. The summed E-state index contributed by atoms with van der Waals surface area (Å²) in [5.74, 6) is 0.254. The van der Waals surface area contributed by atoms with Crippen LogP contribution in [0.4, 0.5) is 0 Å². The number of benzene rings is 1. The molecule has 1 aromatic carbocycles. The predicted octanol–water partition coefficient (Wildman–Crippen LogP) is 1.57. The Morgan fingerprint density at radius 3 is 3.21 bits per heavy atom. The van der Waals surface area contributed by atoms with Crippen LogP contribution >= 0.6 is 0 Å². The fraction of sp³-hybridized carbons (Fsp3) is 0.353. The maximum Gasteiger partial charge on any atom is 0.271 e. The molecule has 3 heterocycles. The zero-order valence-corrected chi connectivity index (χ0v) is 13.2. The SMILES string of the molecule is O=C(NCC1CCOC1)c1cc(Cn2cnc3ccccc32)[nH]n1. The average Bonchev–Trinajstić information content (AvgIpc) is 3.35. The van der Waals surface area contributed by atoms with E-state index in [2.05, 4.69) is 20.5 Å². The molecule has 24 heavy (non-hydrogen) atoms. The van der Waals surface area contributed by atoms with Crippen molar-refractivity contribution in [3.8, 4) is 0 Å². The minimum absolute atomic E-state index is 0.153. The van der Waals surface area contributed by atoms with Gasteiger partial charge < -0.3 is 14.6 Å². The van der Waals surface area contributed by atoms with Crippen molar-refractivity contribution in [2.75, 3.05) is 19.8 Å². The van der Waals surface area contributed by atoms with Crippen LogP contribution in [0.3, 0.4) is 0 Å². The van der Waals surface area contributed by atoms with Crippen LogP contribution in [0.5, 0.6) is 0 Å². The minimum Gasteiger partial charge on any atom is -0.381 e. The van der Waals surface area contributed by atoms with Crippen LogP contribution in [0.2, 0.25) is 0 Å². The molecule has 124 valence electrons. The average molecular weight is 325 g/mol. The lowest BCUT2D eigenvalue weighted by atomic mass is 10.1. The van der Waals surface area contributed by atoms with E-state index in [9.17, 15) is 4.79 Å². The number of imidazole rings is 1. The van der Waals surface area contributed by atoms with Crippen molar-refractivity contribution in [2.45, 2.75) is 13.0 Å². The van der Waals surface area contributed by atoms with Gasteiger partial charge in [0.25, 0.3) is 5.91 Å². The summed E-state index contributed by atoms with van der Waals surface area (Å²) in [4.78, 5) is 16.5. The number of hydrogen-bond donors (Lipinski definition) is 2. The second-order valence-electron chi connectivity index (χ2n) is 6.08. The number of nitrogens with zero attached hydrogens (tertiary/aromatic N) is 3. The molecular weight excluding hydrogens is 306 g/mol. The van der Waals surface area contributed by atoms with E-state index in [1.54, 1.807) is 12.4 Å². The smallest absolute Gasteiger partial charge is 0.271 e. The van der Waals surface area contributed by atoms with Crippen molar-refractivity contribution < 1.29 is 9.53 Å². The molecule has 1 aliphatic rings. The van der Waals surface area contributed by atoms with Gasteiger partial charge in [0.2, 0.25) is 0 Å². The summed E-state index contributed by atoms with van der Waals surface area (Å²) in [5.41, 5.74) is 3.29. The first-order chi connectivity index (χ1) is 11.8. The molecule has 0 aliphatic carbocycles. The van der Waals surface area contributed by atoms with Gasteiger partial charge in [-0.1, -0.05) is 12.1 Å². The zero-order valence-electron chi connectivity index (χ0n) is 13.2. The predicted molar refractivity (Wildman–Crippen MR) is 88.7 cm³/mol. The molecule has 1 atom stereocenters. The Morgan fingerprint density at radius 1 is 1.42 bits per heavy atom. The monoisotopic (exact) mass is 325 g/mol. The van der Waals surface area contributed by atoms with E-state index in [4.69, 9.17) is 4.74 Å². The van der Waals surface area contributed by atoms with Crippen LogP contribution in [0.1, 0.15) is 22.6 Å². The molecule has 1 saturated heterocycles. The van der Waals surface area contributed by atoms with Crippen LogP contribution in [0.15, 0.2) is 36.7 Å². The number of rotatable bonds is 5. The molecule has 2 N–H and O–H groups in total. The molecule has 0 radical (unpaired) electrons. The molecular formula is C17H19N5O2. The quantitative estimate of drug-likeness (QED) is 0.746. The van der Waals surface area contributed by atoms with Gasteiger partial charge in [0.15, 0.2) is 0 Å². The normalized spacial score (nSPS) is 17.4. The van der Waals surface area contributed by atoms with Crippen LogP contribution in [-0.2, 0) is 11.3 Å². The summed E-state index contributed by atoms with van der Waals surface area (Å²) >= 11 is 0. The van der Waals surface area contributed by atoms with Crippen LogP contribution < -0.4 is 5.32 Å². The topological polar surface area (TPSA) is 84.8 Å². The second kappa shape index (κ2) is 6.45. The van der Waals surface area contributed by atoms with Crippen LogP contribution in [0.25, 0.3) is 11.0 Å². The molecule has 1 aliphatic heterocycles. The molecule has 0 bridgehead atoms. The number of fused-ring (bicyclic) bond motifs is 1. The first-order valence-electron chi connectivity index (χ1n) is 8.10. The number of H-pyrrole nitrogens is 1. The molecule has 7 nitrogen and oxygen atoms in total. The van der Waals surface area contributed by atoms with Crippen molar-refractivity contribution >= 4 is 16.9 Å². The first-order valence-corrected chi connectivity index (χ1v) is 8.10. The molecule has 1 amide bonds. The van der Waals surface area contributed by atoms with E-state index in [1.165, 1.54) is 0 Å². The van der Waals surface area contributed by atoms with Gasteiger partial charge >= 0.3 is 0 Å². The Labute approximate surface area is 139 Å². The van der Waals surface area contributed by atoms with E-state index < -0.39 is 0 Å². The molecule has 0 saturated carbocycles. The van der Waals surface area contributed by atoms with Gasteiger partial charge in [-0.3, -0.25) is 9.89 Å². The molecule has 3 aromatic rings. The lowest BCUT2D eigenvalue weighted by Gasteiger charge is -2.07. The lowest BCUT2D eigenvalue weighted by Crippen LogP contribution is -2.29. The summed E-state index contributed by atoms with van der Waals surface area (Å²) in [6.07, 6.45) is 2.80. The zero-order chi connectivity index (χ0) is 16.4. The summed E-state index contributed by atoms with van der Waals surface area (Å²) in [7, 11) is 0. The Morgan fingerprint density at radius 2 is 2.33 bits per heavy atom. The number of carbonyl (C=O) groups excluding carboxylic acids is 1. The van der Waals surface area contributed by atoms with E-state index in [0.29, 0.717) is 24.7 Å². The third-order valence-electron chi connectivity index (χ3n) is 4.31. The number of hydrogen-bond acceptors (Lipinski definition) is 4. The summed E-state index contributed by atoms with van der Waals surface area (Å²) in [5, 5.41) is 9.98. The van der Waals surface area contributed by atoms with Crippen molar-refractivity contribution in [1.82, 2.24) is 25.1 Å². The number of carbonyl (C=O) groups is 1. The van der Waals surface area contributed by atoms with Crippen molar-refractivity contribution in [3.63, 3.8) is 0 Å². The summed E-state index contributed by atoms with van der Waals surface area (Å²) in [6, 6.07) is 9.74. The Hall–Kier alpha value is -2.67. The fourth-order valence-electron chi connectivity index (χ4n) is 2.95. The number of para-hydroxylation sites is 2.